The van der Waals surface area contributed by atoms with E-state index in [1.54, 1.807) is 10.9 Å². The first-order chi connectivity index (χ1) is 13.7. The van der Waals surface area contributed by atoms with E-state index in [0.717, 1.165) is 17.0 Å². The normalized spacial score (nSPS) is 16.4. The summed E-state index contributed by atoms with van der Waals surface area (Å²) < 4.78 is 7.24. The summed E-state index contributed by atoms with van der Waals surface area (Å²) in [6.07, 6.45) is 2.23. The van der Waals surface area contributed by atoms with Crippen LogP contribution in [0.4, 0.5) is 0 Å². The fourth-order valence-corrected chi connectivity index (χ4v) is 3.85. The molecule has 8 nitrogen and oxygen atoms in total. The Kier molecular flexibility index (Phi) is 5.25. The predicted molar refractivity (Wildman–Crippen MR) is 105 cm³/mol. The fourth-order valence-electron chi connectivity index (χ4n) is 3.05. The molecule has 0 bridgehead atoms. The smallest absolute Gasteiger partial charge is 0.253 e. The molecule has 144 valence electrons. The van der Waals surface area contributed by atoms with Crippen molar-refractivity contribution in [2.75, 3.05) is 5.75 Å². The van der Waals surface area contributed by atoms with E-state index in [1.807, 2.05) is 50.2 Å². The van der Waals surface area contributed by atoms with Crippen LogP contribution in [0, 0.1) is 6.92 Å². The van der Waals surface area contributed by atoms with Crippen molar-refractivity contribution in [2.24, 2.45) is 5.10 Å². The molecule has 1 unspecified atom stereocenters. The fraction of sp³-hybridized carbons (Fsp3) is 0.316. The lowest BCUT2D eigenvalue weighted by Gasteiger charge is -2.19. The average Bonchev–Trinajstić information content (AvgIpc) is 3.46. The van der Waals surface area contributed by atoms with Crippen LogP contribution in [-0.4, -0.2) is 42.6 Å². The molecule has 1 aliphatic rings. The number of hydrogen-bond donors (Lipinski definition) is 0. The molecule has 2 aromatic heterocycles. The van der Waals surface area contributed by atoms with Gasteiger partial charge in [0.05, 0.1) is 17.7 Å². The number of carbonyl (C=O) groups excluding carboxylic acids is 1. The molecule has 28 heavy (non-hydrogen) atoms. The topological polar surface area (TPSA) is 89.4 Å². The number of aryl methyl sites for hydroxylation is 2. The molecule has 1 aliphatic heterocycles. The third-order valence-electron chi connectivity index (χ3n) is 4.55. The number of thioether (sulfide) groups is 1. The highest BCUT2D eigenvalue weighted by atomic mass is 32.2. The third kappa shape index (κ3) is 3.70. The van der Waals surface area contributed by atoms with Gasteiger partial charge in [-0.15, -0.1) is 5.10 Å². The average molecular weight is 396 g/mol. The van der Waals surface area contributed by atoms with E-state index in [1.165, 1.54) is 22.3 Å². The molecular formula is C19H20N6O2S. The van der Waals surface area contributed by atoms with Crippen LogP contribution in [0.2, 0.25) is 0 Å². The monoisotopic (exact) mass is 396 g/mol. The molecule has 0 saturated heterocycles. The molecular weight excluding hydrogens is 376 g/mol. The van der Waals surface area contributed by atoms with Crippen molar-refractivity contribution >= 4 is 23.4 Å². The number of rotatable bonds is 6. The number of furan rings is 1. The second-order valence-electron chi connectivity index (χ2n) is 6.45. The first-order valence-electron chi connectivity index (χ1n) is 9.04. The van der Waals surface area contributed by atoms with E-state index in [9.17, 15) is 4.79 Å². The lowest BCUT2D eigenvalue weighted by Crippen LogP contribution is -2.28. The molecule has 1 aromatic carbocycles. The van der Waals surface area contributed by atoms with Gasteiger partial charge in [0.25, 0.3) is 5.91 Å². The zero-order valence-electron chi connectivity index (χ0n) is 15.6. The molecule has 4 rings (SSSR count). The number of benzene rings is 1. The van der Waals surface area contributed by atoms with Crippen molar-refractivity contribution in [1.82, 2.24) is 25.2 Å². The maximum absolute atomic E-state index is 13.0. The molecule has 0 spiro atoms. The number of hydrazone groups is 1. The number of carbonyl (C=O) groups is 1. The van der Waals surface area contributed by atoms with Crippen LogP contribution in [0.15, 0.2) is 57.3 Å². The summed E-state index contributed by atoms with van der Waals surface area (Å²) in [6.45, 7) is 4.65. The maximum Gasteiger partial charge on any atom is 0.253 e. The standard InChI is InChI=1S/C19H20N6O2S/c1-3-24-19(20-22-23-24)28-12-18(26)25-16(17-5-4-10-27-17)11-15(21-25)14-8-6-13(2)7-9-14/h4-10,16H,3,11-12H2,1-2H3. The van der Waals surface area contributed by atoms with Gasteiger partial charge in [-0.2, -0.15) is 5.10 Å². The summed E-state index contributed by atoms with van der Waals surface area (Å²) in [5.41, 5.74) is 3.07. The van der Waals surface area contributed by atoms with Crippen LogP contribution in [0.25, 0.3) is 0 Å². The number of nitrogens with zero attached hydrogens (tertiary/aromatic N) is 6. The van der Waals surface area contributed by atoms with Crippen molar-refractivity contribution in [3.8, 4) is 0 Å². The Bertz CT molecular complexity index is 980. The van der Waals surface area contributed by atoms with Gasteiger partial charge in [-0.05, 0) is 42.0 Å². The van der Waals surface area contributed by atoms with Crippen molar-refractivity contribution < 1.29 is 9.21 Å². The second-order valence-corrected chi connectivity index (χ2v) is 7.39. The third-order valence-corrected chi connectivity index (χ3v) is 5.49. The lowest BCUT2D eigenvalue weighted by atomic mass is 10.0. The zero-order valence-corrected chi connectivity index (χ0v) is 16.5. The SMILES string of the molecule is CCn1nnnc1SCC(=O)N1N=C(c2ccc(C)cc2)CC1c1ccco1. The molecule has 1 atom stereocenters. The van der Waals surface area contributed by atoms with Crippen molar-refractivity contribution in [2.45, 2.75) is 38.0 Å². The van der Waals surface area contributed by atoms with Crippen molar-refractivity contribution in [3.63, 3.8) is 0 Å². The number of amides is 1. The highest BCUT2D eigenvalue weighted by Gasteiger charge is 2.34. The maximum atomic E-state index is 13.0. The highest BCUT2D eigenvalue weighted by molar-refractivity contribution is 7.99. The first-order valence-corrected chi connectivity index (χ1v) is 10.0. The van der Waals surface area contributed by atoms with Gasteiger partial charge in [-0.1, -0.05) is 41.6 Å². The molecule has 9 heteroatoms. The molecule has 0 aliphatic carbocycles. The van der Waals surface area contributed by atoms with E-state index >= 15 is 0 Å². The number of aromatic nitrogens is 4. The van der Waals surface area contributed by atoms with Crippen LogP contribution in [0.3, 0.4) is 0 Å². The van der Waals surface area contributed by atoms with Crippen LogP contribution in [0.5, 0.6) is 0 Å². The van der Waals surface area contributed by atoms with Gasteiger partial charge >= 0.3 is 0 Å². The van der Waals surface area contributed by atoms with E-state index < -0.39 is 0 Å². The summed E-state index contributed by atoms with van der Waals surface area (Å²) in [7, 11) is 0. The Morgan fingerprint density at radius 2 is 2.11 bits per heavy atom. The van der Waals surface area contributed by atoms with Crippen LogP contribution in [0.1, 0.15) is 36.3 Å². The van der Waals surface area contributed by atoms with Gasteiger partial charge in [0, 0.05) is 13.0 Å². The van der Waals surface area contributed by atoms with Crippen molar-refractivity contribution in [1.29, 1.82) is 0 Å². The quantitative estimate of drug-likeness (QED) is 0.595. The number of tetrazole rings is 1. The Morgan fingerprint density at radius 1 is 1.29 bits per heavy atom. The minimum absolute atomic E-state index is 0.112. The predicted octanol–water partition coefficient (Wildman–Crippen LogP) is 3.06. The molecule has 1 amide bonds. The molecule has 0 saturated carbocycles. The summed E-state index contributed by atoms with van der Waals surface area (Å²) in [5, 5.41) is 18.3. The lowest BCUT2D eigenvalue weighted by molar-refractivity contribution is -0.130. The van der Waals surface area contributed by atoms with Gasteiger partial charge in [-0.3, -0.25) is 4.79 Å². The minimum Gasteiger partial charge on any atom is -0.467 e. The molecule has 0 fully saturated rings. The van der Waals surface area contributed by atoms with E-state index in [2.05, 4.69) is 20.6 Å². The summed E-state index contributed by atoms with van der Waals surface area (Å²) in [5.74, 6) is 0.809. The van der Waals surface area contributed by atoms with Crippen molar-refractivity contribution in [3.05, 3.63) is 59.5 Å². The van der Waals surface area contributed by atoms with Crippen LogP contribution >= 0.6 is 11.8 Å². The number of hydrogen-bond acceptors (Lipinski definition) is 7. The van der Waals surface area contributed by atoms with Crippen LogP contribution < -0.4 is 0 Å². The molecule has 3 aromatic rings. The van der Waals surface area contributed by atoms with Gasteiger partial charge in [0.2, 0.25) is 5.16 Å². The Labute approximate surface area is 166 Å². The van der Waals surface area contributed by atoms with E-state index in [-0.39, 0.29) is 17.7 Å². The van der Waals surface area contributed by atoms with Gasteiger partial charge < -0.3 is 4.42 Å². The summed E-state index contributed by atoms with van der Waals surface area (Å²) in [4.78, 5) is 13.0. The van der Waals surface area contributed by atoms with Gasteiger partial charge in [0.15, 0.2) is 0 Å². The van der Waals surface area contributed by atoms with E-state index in [0.29, 0.717) is 18.1 Å². The Morgan fingerprint density at radius 3 is 2.82 bits per heavy atom. The molecule has 0 radical (unpaired) electrons. The Balaban J connectivity index is 1.55. The zero-order chi connectivity index (χ0) is 19.5. The highest BCUT2D eigenvalue weighted by Crippen LogP contribution is 2.33. The van der Waals surface area contributed by atoms with Crippen LogP contribution in [-0.2, 0) is 11.3 Å². The second kappa shape index (κ2) is 7.97. The summed E-state index contributed by atoms with van der Waals surface area (Å²) in [6, 6.07) is 11.6. The molecule has 3 heterocycles. The van der Waals surface area contributed by atoms with Gasteiger partial charge in [-0.25, -0.2) is 9.69 Å². The Hall–Kier alpha value is -2.94. The summed E-state index contributed by atoms with van der Waals surface area (Å²) >= 11 is 1.31. The molecule has 0 N–H and O–H groups in total. The minimum atomic E-state index is -0.249. The largest absolute Gasteiger partial charge is 0.467 e. The van der Waals surface area contributed by atoms with Gasteiger partial charge in [0.1, 0.15) is 11.8 Å². The first kappa shape index (κ1) is 18.4. The van der Waals surface area contributed by atoms with E-state index in [4.69, 9.17) is 4.42 Å².